The van der Waals surface area contributed by atoms with E-state index in [2.05, 4.69) is 35.7 Å². The molecular formula is C10H23N3O2S2. The van der Waals surface area contributed by atoms with Crippen molar-refractivity contribution in [1.29, 1.82) is 0 Å². The molecule has 0 aromatic heterocycles. The molecule has 7 heteroatoms. The fourth-order valence-corrected chi connectivity index (χ4v) is 2.68. The van der Waals surface area contributed by atoms with Gasteiger partial charge in [-0.15, -0.1) is 0 Å². The summed E-state index contributed by atoms with van der Waals surface area (Å²) >= 11 is 4.68. The van der Waals surface area contributed by atoms with Crippen LogP contribution in [0.25, 0.3) is 0 Å². The molecule has 1 unspecified atom stereocenters. The van der Waals surface area contributed by atoms with Crippen molar-refractivity contribution < 1.29 is 8.42 Å². The largest absolute Gasteiger partial charge is 0.392 e. The SMILES string of the molecule is CCCN(CC)CCNS(=O)(=O)C(C)C(N)=S. The molecule has 0 spiro atoms. The number of likely N-dealkylation sites (N-methyl/N-ethyl adjacent to an activating group) is 1. The van der Waals surface area contributed by atoms with Crippen LogP contribution >= 0.6 is 12.2 Å². The molecule has 0 aromatic carbocycles. The molecule has 0 heterocycles. The molecule has 5 nitrogen and oxygen atoms in total. The molecule has 0 radical (unpaired) electrons. The van der Waals surface area contributed by atoms with Crippen molar-refractivity contribution in [3.63, 3.8) is 0 Å². The molecule has 0 aromatic rings. The summed E-state index contributed by atoms with van der Waals surface area (Å²) in [6.45, 7) is 8.64. The highest BCUT2D eigenvalue weighted by atomic mass is 32.2. The molecule has 0 amide bonds. The van der Waals surface area contributed by atoms with Crippen molar-refractivity contribution in [3.05, 3.63) is 0 Å². The van der Waals surface area contributed by atoms with Crippen LogP contribution in [0.1, 0.15) is 27.2 Å². The lowest BCUT2D eigenvalue weighted by atomic mass is 10.4. The number of nitrogens with two attached hydrogens (primary N) is 1. The van der Waals surface area contributed by atoms with Crippen LogP contribution in [0, 0.1) is 0 Å². The van der Waals surface area contributed by atoms with Crippen molar-refractivity contribution in [2.45, 2.75) is 32.4 Å². The molecule has 3 N–H and O–H groups in total. The van der Waals surface area contributed by atoms with Crippen LogP contribution in [0.5, 0.6) is 0 Å². The summed E-state index contributed by atoms with van der Waals surface area (Å²) in [4.78, 5) is 2.19. The van der Waals surface area contributed by atoms with E-state index in [1.165, 1.54) is 6.92 Å². The highest BCUT2D eigenvalue weighted by Gasteiger charge is 2.22. The normalized spacial score (nSPS) is 13.9. The summed E-state index contributed by atoms with van der Waals surface area (Å²) in [6.07, 6.45) is 1.06. The smallest absolute Gasteiger partial charge is 0.220 e. The Bertz CT molecular complexity index is 330. The molecule has 17 heavy (non-hydrogen) atoms. The van der Waals surface area contributed by atoms with Gasteiger partial charge in [0.1, 0.15) is 5.25 Å². The topological polar surface area (TPSA) is 75.4 Å². The standard InChI is InChI=1S/C10H23N3O2S2/c1-4-7-13(5-2)8-6-12-17(14,15)9(3)10(11)16/h9,12H,4-8H2,1-3H3,(H2,11,16). The Balaban J connectivity index is 4.15. The monoisotopic (exact) mass is 281 g/mol. The van der Waals surface area contributed by atoms with Gasteiger partial charge in [0.2, 0.25) is 10.0 Å². The molecule has 0 saturated carbocycles. The van der Waals surface area contributed by atoms with Gasteiger partial charge in [0.25, 0.3) is 0 Å². The van der Waals surface area contributed by atoms with Crippen LogP contribution in [0.2, 0.25) is 0 Å². The van der Waals surface area contributed by atoms with Gasteiger partial charge in [-0.2, -0.15) is 0 Å². The molecule has 1 atom stereocenters. The van der Waals surface area contributed by atoms with E-state index >= 15 is 0 Å². The highest BCUT2D eigenvalue weighted by molar-refractivity contribution is 7.93. The molecule has 0 rings (SSSR count). The summed E-state index contributed by atoms with van der Waals surface area (Å²) in [7, 11) is -3.42. The fourth-order valence-electron chi connectivity index (χ4n) is 1.37. The number of nitrogens with one attached hydrogen (secondary N) is 1. The Morgan fingerprint density at radius 3 is 2.41 bits per heavy atom. The third-order valence-corrected chi connectivity index (χ3v) is 4.88. The molecule has 0 bridgehead atoms. The van der Waals surface area contributed by atoms with Gasteiger partial charge in [-0.3, -0.25) is 0 Å². The first-order valence-corrected chi connectivity index (χ1v) is 7.80. The van der Waals surface area contributed by atoms with Gasteiger partial charge in [-0.25, -0.2) is 13.1 Å². The van der Waals surface area contributed by atoms with Gasteiger partial charge in [0.05, 0.1) is 4.99 Å². The van der Waals surface area contributed by atoms with Gasteiger partial charge < -0.3 is 10.6 Å². The lowest BCUT2D eigenvalue weighted by Gasteiger charge is -2.20. The van der Waals surface area contributed by atoms with Crippen LogP contribution < -0.4 is 10.5 Å². The molecule has 0 aliphatic rings. The highest BCUT2D eigenvalue weighted by Crippen LogP contribution is 1.98. The van der Waals surface area contributed by atoms with E-state index in [-0.39, 0.29) is 4.99 Å². The lowest BCUT2D eigenvalue weighted by molar-refractivity contribution is 0.293. The minimum Gasteiger partial charge on any atom is -0.392 e. The third kappa shape index (κ3) is 6.30. The first-order valence-electron chi connectivity index (χ1n) is 5.85. The zero-order valence-corrected chi connectivity index (χ0v) is 12.4. The van der Waals surface area contributed by atoms with E-state index in [9.17, 15) is 8.42 Å². The lowest BCUT2D eigenvalue weighted by Crippen LogP contribution is -2.43. The van der Waals surface area contributed by atoms with Crippen LogP contribution in [0.4, 0.5) is 0 Å². The minimum absolute atomic E-state index is 0.00148. The van der Waals surface area contributed by atoms with Gasteiger partial charge in [0, 0.05) is 13.1 Å². The van der Waals surface area contributed by atoms with Crippen molar-refractivity contribution >= 4 is 27.2 Å². The average molecular weight is 281 g/mol. The number of hydrogen-bond acceptors (Lipinski definition) is 4. The summed E-state index contributed by atoms with van der Waals surface area (Å²) < 4.78 is 25.9. The second kappa shape index (κ2) is 7.97. The number of hydrogen-bond donors (Lipinski definition) is 2. The van der Waals surface area contributed by atoms with Crippen molar-refractivity contribution in [3.8, 4) is 0 Å². The molecule has 0 saturated heterocycles. The molecule has 0 aliphatic carbocycles. The van der Waals surface area contributed by atoms with Crippen LogP contribution in [-0.2, 0) is 10.0 Å². The summed E-state index contributed by atoms with van der Waals surface area (Å²) in [6, 6.07) is 0. The minimum atomic E-state index is -3.42. The second-order valence-corrected chi connectivity index (χ2v) is 6.48. The number of thiocarbonyl (C=S) groups is 1. The zero-order valence-electron chi connectivity index (χ0n) is 10.8. The fraction of sp³-hybridized carbons (Fsp3) is 0.900. The Labute approximate surface area is 110 Å². The summed E-state index contributed by atoms with van der Waals surface area (Å²) in [5.74, 6) is 0. The number of nitrogens with zero attached hydrogens (tertiary/aromatic N) is 1. The number of sulfonamides is 1. The quantitative estimate of drug-likeness (QED) is 0.595. The Kier molecular flexibility index (Phi) is 7.85. The van der Waals surface area contributed by atoms with Crippen LogP contribution in [-0.4, -0.2) is 49.7 Å². The zero-order chi connectivity index (χ0) is 13.5. The Morgan fingerprint density at radius 2 is 2.00 bits per heavy atom. The van der Waals surface area contributed by atoms with Crippen molar-refractivity contribution in [1.82, 2.24) is 9.62 Å². The number of rotatable bonds is 9. The maximum atomic E-state index is 11.7. The molecule has 0 fully saturated rings. The van der Waals surface area contributed by atoms with Crippen LogP contribution in [0.3, 0.4) is 0 Å². The van der Waals surface area contributed by atoms with Gasteiger partial charge in [-0.1, -0.05) is 26.1 Å². The van der Waals surface area contributed by atoms with Crippen molar-refractivity contribution in [2.24, 2.45) is 5.73 Å². The molecule has 102 valence electrons. The van der Waals surface area contributed by atoms with E-state index < -0.39 is 15.3 Å². The first kappa shape index (κ1) is 16.8. The maximum Gasteiger partial charge on any atom is 0.220 e. The van der Waals surface area contributed by atoms with Gasteiger partial charge in [0.15, 0.2) is 0 Å². The van der Waals surface area contributed by atoms with Gasteiger partial charge in [-0.05, 0) is 26.4 Å². The second-order valence-electron chi connectivity index (χ2n) is 3.92. The van der Waals surface area contributed by atoms with Crippen molar-refractivity contribution in [2.75, 3.05) is 26.2 Å². The molecular weight excluding hydrogens is 258 g/mol. The summed E-state index contributed by atoms with van der Waals surface area (Å²) in [5.41, 5.74) is 5.33. The van der Waals surface area contributed by atoms with E-state index in [0.29, 0.717) is 13.1 Å². The third-order valence-electron chi connectivity index (χ3n) is 2.58. The predicted octanol–water partition coefficient (Wildman–Crippen LogP) is 0.312. The summed E-state index contributed by atoms with van der Waals surface area (Å²) in [5, 5.41) is -0.821. The maximum absolute atomic E-state index is 11.7. The van der Waals surface area contributed by atoms with E-state index in [1.54, 1.807) is 0 Å². The van der Waals surface area contributed by atoms with E-state index in [0.717, 1.165) is 19.5 Å². The van der Waals surface area contributed by atoms with Gasteiger partial charge >= 0.3 is 0 Å². The average Bonchev–Trinajstić information content (AvgIpc) is 2.26. The first-order chi connectivity index (χ1) is 7.85. The Morgan fingerprint density at radius 1 is 1.41 bits per heavy atom. The Hall–Kier alpha value is -0.240. The predicted molar refractivity (Wildman–Crippen MR) is 75.6 cm³/mol. The van der Waals surface area contributed by atoms with E-state index in [1.807, 2.05) is 0 Å². The van der Waals surface area contributed by atoms with Crippen LogP contribution in [0.15, 0.2) is 0 Å². The van der Waals surface area contributed by atoms with E-state index in [4.69, 9.17) is 5.73 Å². The molecule has 0 aliphatic heterocycles.